The lowest BCUT2D eigenvalue weighted by Crippen LogP contribution is -2.53. The van der Waals surface area contributed by atoms with Crippen LogP contribution in [0.4, 0.5) is 10.5 Å². The van der Waals surface area contributed by atoms with Crippen LogP contribution >= 0.6 is 0 Å². The fourth-order valence-electron chi connectivity index (χ4n) is 4.52. The highest BCUT2D eigenvalue weighted by atomic mass is 16.5. The topological polar surface area (TPSA) is 203 Å². The van der Waals surface area contributed by atoms with Gasteiger partial charge in [0.05, 0.1) is 19.8 Å². The zero-order valence-electron chi connectivity index (χ0n) is 21.8. The number of urea groups is 1. The highest BCUT2D eigenvalue weighted by Crippen LogP contribution is 2.23. The number of fused-ring (bicyclic) bond motifs is 1. The molecule has 13 heteroatoms. The van der Waals surface area contributed by atoms with Crippen LogP contribution < -0.4 is 26.6 Å². The number of hydrogen-bond donors (Lipinski definition) is 7. The number of carbonyl (C=O) groups excluding carboxylic acids is 4. The minimum absolute atomic E-state index is 0.0610. The van der Waals surface area contributed by atoms with Gasteiger partial charge < -0.3 is 41.4 Å². The molecule has 4 amide bonds. The van der Waals surface area contributed by atoms with Crippen LogP contribution in [0.5, 0.6) is 0 Å². The number of rotatable bonds is 10. The number of ether oxygens (including phenoxy) is 1. The second-order valence-corrected chi connectivity index (χ2v) is 9.11. The number of para-hydroxylation sites is 1. The number of aromatic nitrogens is 1. The number of H-pyrrole nitrogens is 1. The first kappa shape index (κ1) is 28.1. The van der Waals surface area contributed by atoms with Gasteiger partial charge in [-0.05, 0) is 43.7 Å². The molecule has 2 heterocycles. The van der Waals surface area contributed by atoms with Crippen molar-refractivity contribution >= 4 is 46.2 Å². The van der Waals surface area contributed by atoms with E-state index in [9.17, 15) is 24.3 Å². The van der Waals surface area contributed by atoms with E-state index in [-0.39, 0.29) is 30.6 Å². The van der Waals surface area contributed by atoms with Crippen LogP contribution in [0.1, 0.15) is 35.0 Å². The number of carbonyl (C=O) groups is 4. The van der Waals surface area contributed by atoms with Crippen molar-refractivity contribution in [3.63, 3.8) is 0 Å². The minimum Gasteiger partial charge on any atom is -0.464 e. The van der Waals surface area contributed by atoms with Crippen molar-refractivity contribution in [1.29, 1.82) is 5.41 Å². The molecule has 1 aliphatic heterocycles. The van der Waals surface area contributed by atoms with Crippen LogP contribution in [0, 0.1) is 5.41 Å². The van der Waals surface area contributed by atoms with Crippen molar-refractivity contribution in [2.24, 2.45) is 5.73 Å². The summed E-state index contributed by atoms with van der Waals surface area (Å²) >= 11 is 0. The molecule has 0 bridgehead atoms. The molecule has 0 radical (unpaired) electrons. The van der Waals surface area contributed by atoms with Crippen LogP contribution in [0.3, 0.4) is 0 Å². The Kier molecular flexibility index (Phi) is 8.64. The number of nitrogen functional groups attached to an aromatic ring is 1. The van der Waals surface area contributed by atoms with Gasteiger partial charge in [-0.25, -0.2) is 9.59 Å². The Labute approximate surface area is 229 Å². The Balaban J connectivity index is 1.37. The molecular formula is C27H31N7O6. The number of benzene rings is 2. The summed E-state index contributed by atoms with van der Waals surface area (Å²) in [5.74, 6) is -1.80. The first-order chi connectivity index (χ1) is 19.2. The molecule has 2 aromatic carbocycles. The van der Waals surface area contributed by atoms with E-state index in [1.807, 2.05) is 0 Å². The van der Waals surface area contributed by atoms with E-state index < -0.39 is 36.6 Å². The molecule has 1 saturated heterocycles. The van der Waals surface area contributed by atoms with Gasteiger partial charge in [-0.2, -0.15) is 0 Å². The number of aromatic amines is 1. The van der Waals surface area contributed by atoms with Gasteiger partial charge in [-0.15, -0.1) is 0 Å². The third-order valence-electron chi connectivity index (χ3n) is 6.54. The van der Waals surface area contributed by atoms with Gasteiger partial charge in [0.1, 0.15) is 23.6 Å². The fraction of sp³-hybridized carbons (Fsp3) is 0.296. The molecule has 1 unspecified atom stereocenters. The van der Waals surface area contributed by atoms with Crippen LogP contribution in [0.25, 0.3) is 10.9 Å². The van der Waals surface area contributed by atoms with Crippen molar-refractivity contribution < 1.29 is 29.0 Å². The molecule has 210 valence electrons. The number of hydrogen-bond acceptors (Lipinski definition) is 7. The molecule has 4 rings (SSSR count). The van der Waals surface area contributed by atoms with Gasteiger partial charge >= 0.3 is 12.0 Å². The highest BCUT2D eigenvalue weighted by molar-refractivity contribution is 6.03. The molecule has 1 fully saturated rings. The lowest BCUT2D eigenvalue weighted by atomic mass is 10.1. The van der Waals surface area contributed by atoms with Crippen LogP contribution in [-0.4, -0.2) is 71.5 Å². The normalized spacial score (nSPS) is 15.5. The van der Waals surface area contributed by atoms with Crippen molar-refractivity contribution in [2.75, 3.05) is 24.6 Å². The summed E-state index contributed by atoms with van der Waals surface area (Å²) in [5.41, 5.74) is 7.74. The van der Waals surface area contributed by atoms with Gasteiger partial charge in [-0.3, -0.25) is 15.0 Å². The molecule has 8 N–H and O–H groups in total. The lowest BCUT2D eigenvalue weighted by Gasteiger charge is -2.20. The quantitative estimate of drug-likeness (QED) is 0.110. The van der Waals surface area contributed by atoms with E-state index >= 15 is 0 Å². The molecular weight excluding hydrogens is 518 g/mol. The Hall–Kier alpha value is -4.91. The summed E-state index contributed by atoms with van der Waals surface area (Å²) in [7, 11) is 0. The maximum absolute atomic E-state index is 13.1. The lowest BCUT2D eigenvalue weighted by molar-refractivity contribution is -0.145. The van der Waals surface area contributed by atoms with Gasteiger partial charge in [0.2, 0.25) is 5.91 Å². The fourth-order valence-corrected chi connectivity index (χ4v) is 4.52. The van der Waals surface area contributed by atoms with Crippen LogP contribution in [0.2, 0.25) is 0 Å². The van der Waals surface area contributed by atoms with Gasteiger partial charge in [0.25, 0.3) is 5.91 Å². The Morgan fingerprint density at radius 3 is 2.60 bits per heavy atom. The van der Waals surface area contributed by atoms with E-state index in [4.69, 9.17) is 15.9 Å². The summed E-state index contributed by atoms with van der Waals surface area (Å²) in [4.78, 5) is 55.6. The Morgan fingerprint density at radius 2 is 1.93 bits per heavy atom. The van der Waals surface area contributed by atoms with Crippen molar-refractivity contribution in [3.05, 3.63) is 65.4 Å². The maximum atomic E-state index is 13.1. The Bertz CT molecular complexity index is 1430. The highest BCUT2D eigenvalue weighted by Gasteiger charge is 2.34. The third kappa shape index (κ3) is 6.04. The number of amidine groups is 1. The monoisotopic (exact) mass is 549 g/mol. The summed E-state index contributed by atoms with van der Waals surface area (Å²) in [6, 6.07) is 11.0. The zero-order chi connectivity index (χ0) is 28.8. The number of esters is 1. The van der Waals surface area contributed by atoms with Crippen molar-refractivity contribution in [2.45, 2.75) is 32.0 Å². The molecule has 40 heavy (non-hydrogen) atoms. The minimum atomic E-state index is -1.23. The number of aliphatic hydroxyl groups excluding tert-OH is 1. The smallest absolute Gasteiger partial charge is 0.330 e. The average Bonchev–Trinajstić information content (AvgIpc) is 3.51. The predicted octanol–water partition coefficient (Wildman–Crippen LogP) is 0.710. The molecule has 1 aliphatic rings. The number of nitrogens with two attached hydrogens (primary N) is 1. The molecule has 13 nitrogen and oxygen atoms in total. The number of nitrogens with zero attached hydrogens (tertiary/aromatic N) is 1. The number of aliphatic hydroxyl groups is 1. The SMILES string of the molecule is CCOC(=O)[C@H](CNC(=O)NC1CCN(c2ccc(C(=N)N)cc2)C1=O)NC(=O)c1[nH]c2ccccc2c1CO. The first-order valence-electron chi connectivity index (χ1n) is 12.7. The van der Waals surface area contributed by atoms with E-state index in [0.29, 0.717) is 40.7 Å². The van der Waals surface area contributed by atoms with E-state index in [1.165, 1.54) is 4.90 Å². The molecule has 1 aromatic heterocycles. The van der Waals surface area contributed by atoms with E-state index in [0.717, 1.165) is 0 Å². The molecule has 0 saturated carbocycles. The molecule has 0 aliphatic carbocycles. The number of amides is 4. The maximum Gasteiger partial charge on any atom is 0.330 e. The van der Waals surface area contributed by atoms with Gasteiger partial charge in [0.15, 0.2) is 0 Å². The summed E-state index contributed by atoms with van der Waals surface area (Å²) in [5, 5.41) is 25.7. The second kappa shape index (κ2) is 12.3. The first-order valence-corrected chi connectivity index (χ1v) is 12.7. The van der Waals surface area contributed by atoms with E-state index in [2.05, 4.69) is 20.9 Å². The summed E-state index contributed by atoms with van der Waals surface area (Å²) in [6.07, 6.45) is 0.364. The summed E-state index contributed by atoms with van der Waals surface area (Å²) in [6.45, 7) is 1.35. The van der Waals surface area contributed by atoms with Crippen LogP contribution in [-0.2, 0) is 20.9 Å². The van der Waals surface area contributed by atoms with Gasteiger partial charge in [-0.1, -0.05) is 18.2 Å². The van der Waals surface area contributed by atoms with Crippen molar-refractivity contribution in [3.8, 4) is 0 Å². The predicted molar refractivity (Wildman–Crippen MR) is 147 cm³/mol. The molecule has 0 spiro atoms. The molecule has 3 aromatic rings. The van der Waals surface area contributed by atoms with Crippen LogP contribution in [0.15, 0.2) is 48.5 Å². The van der Waals surface area contributed by atoms with Crippen molar-refractivity contribution in [1.82, 2.24) is 20.9 Å². The number of nitrogens with one attached hydrogen (secondary N) is 5. The standard InChI is InChI=1S/C27H31N7O6/c1-2-40-26(38)21(32-24(36)22-18(14-35)17-5-3-4-6-19(17)31-22)13-30-27(39)33-20-11-12-34(25(20)37)16-9-7-15(8-10-16)23(28)29/h3-10,20-21,31,35H,2,11-14H2,1H3,(H3,28,29)(H,32,36)(H2,30,33,39)/t20?,21-/m0/s1. The number of anilines is 1. The zero-order valence-corrected chi connectivity index (χ0v) is 21.8. The molecule has 2 atom stereocenters. The largest absolute Gasteiger partial charge is 0.464 e. The Morgan fingerprint density at radius 1 is 1.20 bits per heavy atom. The van der Waals surface area contributed by atoms with Gasteiger partial charge in [0, 0.05) is 34.3 Å². The third-order valence-corrected chi connectivity index (χ3v) is 6.54. The average molecular weight is 550 g/mol. The summed E-state index contributed by atoms with van der Waals surface area (Å²) < 4.78 is 5.06. The second-order valence-electron chi connectivity index (χ2n) is 9.11. The van der Waals surface area contributed by atoms with E-state index in [1.54, 1.807) is 55.5 Å².